The quantitative estimate of drug-likeness (QED) is 0.617. The molecular formula is C24H30ClNO3. The van der Waals surface area contributed by atoms with Gasteiger partial charge in [0.1, 0.15) is 5.60 Å². The molecule has 0 unspecified atom stereocenters. The smallest absolute Gasteiger partial charge is 0.410 e. The van der Waals surface area contributed by atoms with Crippen molar-refractivity contribution in [3.8, 4) is 11.1 Å². The van der Waals surface area contributed by atoms with Crippen LogP contribution in [0.3, 0.4) is 0 Å². The molecule has 0 N–H and O–H groups in total. The molecule has 0 atom stereocenters. The molecule has 5 heteroatoms. The third kappa shape index (κ3) is 5.52. The molecule has 4 nitrogen and oxygen atoms in total. The highest BCUT2D eigenvalue weighted by Gasteiger charge is 2.37. The number of ether oxygens (including phenoxy) is 2. The molecule has 1 aliphatic heterocycles. The van der Waals surface area contributed by atoms with Crippen LogP contribution in [0.1, 0.15) is 39.2 Å². The Labute approximate surface area is 178 Å². The molecule has 1 heterocycles. The van der Waals surface area contributed by atoms with Crippen LogP contribution in [0.5, 0.6) is 0 Å². The van der Waals surface area contributed by atoms with Gasteiger partial charge in [-0.15, -0.1) is 0 Å². The largest absolute Gasteiger partial charge is 0.444 e. The van der Waals surface area contributed by atoms with Crippen molar-refractivity contribution >= 4 is 17.7 Å². The summed E-state index contributed by atoms with van der Waals surface area (Å²) < 4.78 is 11.5. The van der Waals surface area contributed by atoms with Gasteiger partial charge in [-0.3, -0.25) is 0 Å². The van der Waals surface area contributed by atoms with E-state index in [-0.39, 0.29) is 11.7 Å². The zero-order valence-electron chi connectivity index (χ0n) is 17.7. The lowest BCUT2D eigenvalue weighted by atomic mass is 9.83. The molecule has 0 saturated carbocycles. The van der Waals surface area contributed by atoms with Gasteiger partial charge < -0.3 is 14.4 Å². The second-order valence-corrected chi connectivity index (χ2v) is 9.13. The predicted molar refractivity (Wildman–Crippen MR) is 117 cm³/mol. The fourth-order valence-electron chi connectivity index (χ4n) is 3.81. The van der Waals surface area contributed by atoms with Crippen molar-refractivity contribution in [2.45, 2.75) is 51.2 Å². The Bertz CT molecular complexity index is 834. The van der Waals surface area contributed by atoms with Gasteiger partial charge in [-0.25, -0.2) is 4.79 Å². The summed E-state index contributed by atoms with van der Waals surface area (Å²) in [5.74, 6) is 0. The molecule has 1 amide bonds. The lowest BCUT2D eigenvalue weighted by Gasteiger charge is -2.41. The van der Waals surface area contributed by atoms with Crippen molar-refractivity contribution in [1.82, 2.24) is 4.90 Å². The first-order valence-electron chi connectivity index (χ1n) is 10.1. The van der Waals surface area contributed by atoms with Crippen LogP contribution in [0.15, 0.2) is 48.5 Å². The maximum Gasteiger partial charge on any atom is 0.410 e. The number of nitrogens with zero attached hydrogens (tertiary/aromatic N) is 1. The molecule has 156 valence electrons. The van der Waals surface area contributed by atoms with Gasteiger partial charge in [-0.1, -0.05) is 48.0 Å². The molecule has 1 saturated heterocycles. The zero-order chi connectivity index (χ0) is 21.1. The third-order valence-electron chi connectivity index (χ3n) is 5.44. The van der Waals surface area contributed by atoms with Crippen LogP contribution in [-0.2, 0) is 15.9 Å². The number of carbonyl (C=O) groups is 1. The topological polar surface area (TPSA) is 38.8 Å². The van der Waals surface area contributed by atoms with Gasteiger partial charge in [-0.2, -0.15) is 0 Å². The highest BCUT2D eigenvalue weighted by Crippen LogP contribution is 2.34. The predicted octanol–water partition coefficient (Wildman–Crippen LogP) is 5.97. The molecular weight excluding hydrogens is 386 g/mol. The highest BCUT2D eigenvalue weighted by atomic mass is 35.5. The fraction of sp³-hybridized carbons (Fsp3) is 0.458. The van der Waals surface area contributed by atoms with Crippen molar-refractivity contribution in [2.24, 2.45) is 0 Å². The van der Waals surface area contributed by atoms with Crippen molar-refractivity contribution in [3.05, 3.63) is 59.1 Å². The van der Waals surface area contributed by atoms with Gasteiger partial charge in [-0.05, 0) is 62.4 Å². The molecule has 2 aromatic carbocycles. The minimum Gasteiger partial charge on any atom is -0.444 e. The molecule has 0 aliphatic carbocycles. The number of carbonyl (C=O) groups excluding carboxylic acids is 1. The van der Waals surface area contributed by atoms with Gasteiger partial charge >= 0.3 is 6.09 Å². The first-order chi connectivity index (χ1) is 13.7. The number of piperidine rings is 1. The van der Waals surface area contributed by atoms with Crippen molar-refractivity contribution in [2.75, 3.05) is 20.2 Å². The Balaban J connectivity index is 1.74. The second-order valence-electron chi connectivity index (χ2n) is 8.70. The van der Waals surface area contributed by atoms with E-state index in [1.54, 1.807) is 12.0 Å². The first-order valence-corrected chi connectivity index (χ1v) is 10.5. The summed E-state index contributed by atoms with van der Waals surface area (Å²) in [7, 11) is 1.77. The second kappa shape index (κ2) is 8.76. The lowest BCUT2D eigenvalue weighted by Crippen LogP contribution is -2.50. The summed E-state index contributed by atoms with van der Waals surface area (Å²) in [5.41, 5.74) is 2.80. The van der Waals surface area contributed by atoms with E-state index in [4.69, 9.17) is 21.1 Å². The first kappa shape index (κ1) is 21.7. The van der Waals surface area contributed by atoms with E-state index < -0.39 is 5.60 Å². The van der Waals surface area contributed by atoms with E-state index in [9.17, 15) is 4.79 Å². The summed E-state index contributed by atoms with van der Waals surface area (Å²) in [4.78, 5) is 14.2. The van der Waals surface area contributed by atoms with Gasteiger partial charge in [0, 0.05) is 31.6 Å². The summed E-state index contributed by atoms with van der Waals surface area (Å²) >= 11 is 6.06. The standard InChI is InChI=1S/C24H30ClNO3/c1-23(2,3)29-22(27)26-15-13-24(28-4,14-16-26)17-19-7-5-6-8-21(19)18-9-11-20(25)12-10-18/h5-12H,13-17H2,1-4H3. The van der Waals surface area contributed by atoms with E-state index in [0.29, 0.717) is 13.1 Å². The van der Waals surface area contributed by atoms with E-state index >= 15 is 0 Å². The van der Waals surface area contributed by atoms with Crippen LogP contribution in [0.2, 0.25) is 5.02 Å². The van der Waals surface area contributed by atoms with Crippen LogP contribution in [0.4, 0.5) is 4.79 Å². The number of benzene rings is 2. The van der Waals surface area contributed by atoms with Crippen LogP contribution < -0.4 is 0 Å². The van der Waals surface area contributed by atoms with Gasteiger partial charge in [0.05, 0.1) is 5.60 Å². The lowest BCUT2D eigenvalue weighted by molar-refractivity contribution is -0.0596. The van der Waals surface area contributed by atoms with Crippen LogP contribution in [0.25, 0.3) is 11.1 Å². The average molecular weight is 416 g/mol. The van der Waals surface area contributed by atoms with Crippen molar-refractivity contribution < 1.29 is 14.3 Å². The zero-order valence-corrected chi connectivity index (χ0v) is 18.5. The Kier molecular flexibility index (Phi) is 6.55. The van der Waals surface area contributed by atoms with E-state index in [1.807, 2.05) is 45.0 Å². The Morgan fingerprint density at radius 3 is 2.28 bits per heavy atom. The molecule has 0 spiro atoms. The molecule has 1 aliphatic rings. The van der Waals surface area contributed by atoms with Crippen LogP contribution in [0, 0.1) is 0 Å². The maximum absolute atomic E-state index is 12.4. The number of rotatable bonds is 4. The van der Waals surface area contributed by atoms with Crippen LogP contribution in [-0.4, -0.2) is 42.4 Å². The molecule has 29 heavy (non-hydrogen) atoms. The minimum atomic E-state index is -0.482. The summed E-state index contributed by atoms with van der Waals surface area (Å²) in [6.07, 6.45) is 2.10. The fourth-order valence-corrected chi connectivity index (χ4v) is 3.93. The van der Waals surface area contributed by atoms with Crippen molar-refractivity contribution in [3.63, 3.8) is 0 Å². The molecule has 1 fully saturated rings. The number of methoxy groups -OCH3 is 1. The van der Waals surface area contributed by atoms with E-state index in [2.05, 4.69) is 24.3 Å². The summed E-state index contributed by atoms with van der Waals surface area (Å²) in [6.45, 7) is 6.93. The van der Waals surface area contributed by atoms with Gasteiger partial charge in [0.25, 0.3) is 0 Å². The highest BCUT2D eigenvalue weighted by molar-refractivity contribution is 6.30. The number of amides is 1. The molecule has 3 rings (SSSR count). The number of hydrogen-bond donors (Lipinski definition) is 0. The molecule has 2 aromatic rings. The average Bonchev–Trinajstić information content (AvgIpc) is 2.68. The van der Waals surface area contributed by atoms with Gasteiger partial charge in [0.2, 0.25) is 0 Å². The van der Waals surface area contributed by atoms with Crippen molar-refractivity contribution in [1.29, 1.82) is 0 Å². The Morgan fingerprint density at radius 2 is 1.69 bits per heavy atom. The van der Waals surface area contributed by atoms with Crippen LogP contribution >= 0.6 is 11.6 Å². The van der Waals surface area contributed by atoms with E-state index in [1.165, 1.54) is 11.1 Å². The minimum absolute atomic E-state index is 0.247. The Morgan fingerprint density at radius 1 is 1.07 bits per heavy atom. The molecule has 0 aromatic heterocycles. The SMILES string of the molecule is COC1(Cc2ccccc2-c2ccc(Cl)cc2)CCN(C(=O)OC(C)(C)C)CC1. The maximum atomic E-state index is 12.4. The summed E-state index contributed by atoms with van der Waals surface area (Å²) in [6, 6.07) is 16.3. The third-order valence-corrected chi connectivity index (χ3v) is 5.70. The Hall–Kier alpha value is -2.04. The number of hydrogen-bond acceptors (Lipinski definition) is 3. The number of halogens is 1. The molecule has 0 radical (unpaired) electrons. The number of likely N-dealkylation sites (tertiary alicyclic amines) is 1. The monoisotopic (exact) mass is 415 g/mol. The van der Waals surface area contributed by atoms with Gasteiger partial charge in [0.15, 0.2) is 0 Å². The normalized spacial score (nSPS) is 16.5. The molecule has 0 bridgehead atoms. The summed E-state index contributed by atoms with van der Waals surface area (Å²) in [5, 5.41) is 0.731. The van der Waals surface area contributed by atoms with E-state index in [0.717, 1.165) is 29.8 Å².